The Hall–Kier alpha value is -6.89. The van der Waals surface area contributed by atoms with Crippen molar-refractivity contribution in [3.8, 4) is 0 Å². The first kappa shape index (κ1) is 62.9. The number of nitrogens with one attached hydrogen (secondary N) is 5. The summed E-state index contributed by atoms with van der Waals surface area (Å²) < 4.78 is 39.8. The van der Waals surface area contributed by atoms with Crippen molar-refractivity contribution >= 4 is 58.6 Å². The molecule has 1 spiro atoms. The standard InChI is InChI=1S/C56H78FN9O13/c1-43(67)58-23-31-76-35-36-78-33-25-60-52(71)39-64(41-54(73)75-2)40-53(72)61-26-34-79-38-37-77-32-24-59-50(69)18-19-51(70)62-47-16-10-44(11-17-47)20-28-65-42-66(48-7-4-3-5-8-48)56(55(65)74)21-29-63(30-22-56)27-6-9-49(68)45-12-14-46(57)15-13-45/h3-5,7-8,10-17H,6,9,18-42H2,1-2H3,(H,58,67)(H,59,69)(H,60,71)(H,61,72)(H,62,70). The average molecular weight is 1100 g/mol. The molecule has 0 aliphatic carbocycles. The number of nitrogens with zero attached hydrogens (tertiary/aromatic N) is 4. The van der Waals surface area contributed by atoms with Gasteiger partial charge in [0.15, 0.2) is 5.78 Å². The molecule has 22 nitrogen and oxygen atoms in total. The number of benzene rings is 3. The van der Waals surface area contributed by atoms with Gasteiger partial charge in [-0.2, -0.15) is 0 Å². The van der Waals surface area contributed by atoms with Gasteiger partial charge in [-0.25, -0.2) is 4.39 Å². The molecule has 0 unspecified atom stereocenters. The molecule has 0 radical (unpaired) electrons. The number of piperidine rings is 1. The second-order valence-electron chi connectivity index (χ2n) is 19.1. The second-order valence-corrected chi connectivity index (χ2v) is 19.1. The third kappa shape index (κ3) is 23.2. The lowest BCUT2D eigenvalue weighted by Gasteiger charge is -2.43. The minimum Gasteiger partial charge on any atom is -0.468 e. The molecule has 0 aromatic heterocycles. The molecule has 3 aromatic rings. The molecule has 0 atom stereocenters. The topological polar surface area (TPSA) is 256 Å². The van der Waals surface area contributed by atoms with Crippen molar-refractivity contribution in [3.05, 3.63) is 95.8 Å². The zero-order valence-corrected chi connectivity index (χ0v) is 45.6. The summed E-state index contributed by atoms with van der Waals surface area (Å²) in [6.07, 6.45) is 2.99. The van der Waals surface area contributed by atoms with E-state index in [4.69, 9.17) is 23.7 Å². The number of carbonyl (C=O) groups is 8. The number of Topliss-reactive ketones (excluding diaryl/α,β-unsaturated/α-hetero) is 1. The van der Waals surface area contributed by atoms with Gasteiger partial charge in [-0.15, -0.1) is 0 Å². The highest BCUT2D eigenvalue weighted by molar-refractivity contribution is 5.96. The molecule has 5 N–H and O–H groups in total. The fourth-order valence-electron chi connectivity index (χ4n) is 8.98. The number of amides is 6. The first-order valence-electron chi connectivity index (χ1n) is 26.9. The predicted molar refractivity (Wildman–Crippen MR) is 291 cm³/mol. The minimum atomic E-state index is -0.662. The van der Waals surface area contributed by atoms with Crippen molar-refractivity contribution in [2.45, 2.75) is 57.4 Å². The zero-order valence-electron chi connectivity index (χ0n) is 45.6. The molecular formula is C56H78FN9O13. The highest BCUT2D eigenvalue weighted by Gasteiger charge is 2.53. The Morgan fingerprint density at radius 3 is 1.72 bits per heavy atom. The molecule has 3 aromatic carbocycles. The van der Waals surface area contributed by atoms with E-state index in [2.05, 4.69) is 36.4 Å². The van der Waals surface area contributed by atoms with E-state index in [1.165, 1.54) is 43.2 Å². The van der Waals surface area contributed by atoms with Crippen LogP contribution in [0.1, 0.15) is 61.4 Å². The Kier molecular flexibility index (Phi) is 27.8. The average Bonchev–Trinajstić information content (AvgIpc) is 3.97. The van der Waals surface area contributed by atoms with Crippen molar-refractivity contribution < 1.29 is 66.4 Å². The fraction of sp³-hybridized carbons (Fsp3) is 0.536. The van der Waals surface area contributed by atoms with Gasteiger partial charge in [0.25, 0.3) is 0 Å². The largest absolute Gasteiger partial charge is 0.468 e. The van der Waals surface area contributed by atoms with E-state index >= 15 is 0 Å². The van der Waals surface area contributed by atoms with E-state index in [0.717, 1.165) is 30.9 Å². The predicted octanol–water partition coefficient (Wildman–Crippen LogP) is 1.92. The van der Waals surface area contributed by atoms with Crippen LogP contribution in [0, 0.1) is 5.82 Å². The summed E-state index contributed by atoms with van der Waals surface area (Å²) >= 11 is 0. The van der Waals surface area contributed by atoms with Crippen LogP contribution in [0.5, 0.6) is 0 Å². The first-order chi connectivity index (χ1) is 38.2. The van der Waals surface area contributed by atoms with Crippen LogP contribution < -0.4 is 31.5 Å². The maximum absolute atomic E-state index is 14.3. The number of esters is 1. The van der Waals surface area contributed by atoms with Crippen molar-refractivity contribution in [2.75, 3.05) is 149 Å². The highest BCUT2D eigenvalue weighted by Crippen LogP contribution is 2.39. The number of hydrogen-bond acceptors (Lipinski definition) is 16. The number of likely N-dealkylation sites (tertiary alicyclic amines) is 1. The smallest absolute Gasteiger partial charge is 0.319 e. The molecule has 2 aliphatic rings. The van der Waals surface area contributed by atoms with Crippen LogP contribution in [-0.4, -0.2) is 206 Å². The molecule has 2 fully saturated rings. The van der Waals surface area contributed by atoms with Gasteiger partial charge in [0.2, 0.25) is 35.4 Å². The Morgan fingerprint density at radius 1 is 0.620 bits per heavy atom. The molecule has 0 saturated carbocycles. The Balaban J connectivity index is 0.885. The molecule has 6 amide bonds. The number of para-hydroxylation sites is 1. The maximum Gasteiger partial charge on any atom is 0.319 e. The van der Waals surface area contributed by atoms with Gasteiger partial charge in [-0.05, 0) is 86.3 Å². The molecular weight excluding hydrogens is 1030 g/mol. The van der Waals surface area contributed by atoms with Gasteiger partial charge in [-0.3, -0.25) is 43.3 Å². The summed E-state index contributed by atoms with van der Waals surface area (Å²) in [4.78, 5) is 108. The lowest BCUT2D eigenvalue weighted by atomic mass is 9.85. The normalized spacial score (nSPS) is 14.1. The molecule has 2 heterocycles. The van der Waals surface area contributed by atoms with Gasteiger partial charge in [0, 0.05) is 88.9 Å². The third-order valence-corrected chi connectivity index (χ3v) is 13.2. The molecule has 2 aliphatic heterocycles. The van der Waals surface area contributed by atoms with E-state index in [1.54, 1.807) is 0 Å². The molecule has 0 bridgehead atoms. The van der Waals surface area contributed by atoms with E-state index in [1.807, 2.05) is 59.5 Å². The quantitative estimate of drug-likeness (QED) is 0.0314. The second kappa shape index (κ2) is 34.9. The van der Waals surface area contributed by atoms with Crippen LogP contribution in [0.4, 0.5) is 15.8 Å². The summed E-state index contributed by atoms with van der Waals surface area (Å²) in [5.74, 6) is -2.43. The van der Waals surface area contributed by atoms with E-state index in [-0.39, 0.29) is 120 Å². The number of ether oxygens (including phenoxy) is 5. The lowest BCUT2D eigenvalue weighted by Crippen LogP contribution is -2.56. The molecule has 2 saturated heterocycles. The lowest BCUT2D eigenvalue weighted by molar-refractivity contribution is -0.142. The van der Waals surface area contributed by atoms with Gasteiger partial charge in [0.05, 0.1) is 86.3 Å². The summed E-state index contributed by atoms with van der Waals surface area (Å²) in [6, 6.07) is 23.1. The Bertz CT molecular complexity index is 2390. The SMILES string of the molecule is COC(=O)CN(CC(=O)NCCOCCOCCNC(C)=O)CC(=O)NCCOCCOCCNC(=O)CCC(=O)Nc1ccc(CCN2CN(c3ccccc3)C3(CCN(CCCC(=O)c4ccc(F)cc4)CC3)C2=O)cc1. The maximum atomic E-state index is 14.3. The van der Waals surface area contributed by atoms with Crippen LogP contribution in [0.3, 0.4) is 0 Å². The summed E-state index contributed by atoms with van der Waals surface area (Å²) in [5, 5.41) is 13.5. The van der Waals surface area contributed by atoms with Crippen LogP contribution in [0.25, 0.3) is 0 Å². The van der Waals surface area contributed by atoms with E-state index in [9.17, 15) is 42.7 Å². The fourth-order valence-corrected chi connectivity index (χ4v) is 8.98. The molecule has 432 valence electrons. The number of anilines is 2. The highest BCUT2D eigenvalue weighted by atomic mass is 19.1. The van der Waals surface area contributed by atoms with Crippen molar-refractivity contribution in [1.29, 1.82) is 0 Å². The number of halogens is 1. The molecule has 23 heteroatoms. The van der Waals surface area contributed by atoms with Crippen LogP contribution in [0.15, 0.2) is 78.9 Å². The molecule has 5 rings (SSSR count). The van der Waals surface area contributed by atoms with Gasteiger partial charge >= 0.3 is 5.97 Å². The monoisotopic (exact) mass is 1100 g/mol. The summed E-state index contributed by atoms with van der Waals surface area (Å²) in [5.41, 5.74) is 2.46. The first-order valence-corrected chi connectivity index (χ1v) is 26.9. The zero-order chi connectivity index (χ0) is 56.7. The van der Waals surface area contributed by atoms with Crippen molar-refractivity contribution in [2.24, 2.45) is 0 Å². The Labute approximate surface area is 461 Å². The van der Waals surface area contributed by atoms with Crippen LogP contribution in [-0.2, 0) is 63.7 Å². The third-order valence-electron chi connectivity index (χ3n) is 13.2. The van der Waals surface area contributed by atoms with Crippen molar-refractivity contribution in [3.63, 3.8) is 0 Å². The van der Waals surface area contributed by atoms with Crippen LogP contribution in [0.2, 0.25) is 0 Å². The summed E-state index contributed by atoms with van der Waals surface area (Å²) in [7, 11) is 1.21. The number of methoxy groups -OCH3 is 1. The van der Waals surface area contributed by atoms with Crippen LogP contribution >= 0.6 is 0 Å². The van der Waals surface area contributed by atoms with Crippen molar-refractivity contribution in [1.82, 2.24) is 36.0 Å². The Morgan fingerprint density at radius 2 is 1.16 bits per heavy atom. The number of ketones is 1. The van der Waals surface area contributed by atoms with Gasteiger partial charge in [0.1, 0.15) is 11.4 Å². The minimum absolute atomic E-state index is 0.00688. The van der Waals surface area contributed by atoms with Gasteiger partial charge < -0.3 is 65.0 Å². The van der Waals surface area contributed by atoms with E-state index in [0.29, 0.717) is 82.9 Å². The van der Waals surface area contributed by atoms with Gasteiger partial charge in [-0.1, -0.05) is 30.3 Å². The number of carbonyl (C=O) groups excluding carboxylic acids is 8. The van der Waals surface area contributed by atoms with E-state index < -0.39 is 23.3 Å². The molecule has 79 heavy (non-hydrogen) atoms. The number of hydrogen-bond donors (Lipinski definition) is 5. The number of rotatable bonds is 37. The summed E-state index contributed by atoms with van der Waals surface area (Å²) in [6.45, 7) is 7.04.